The SMILES string of the molecule is C=CCS(=O)(=O)CC(=O)N1CCc2cc(C(C)=O)ccc21. The number of ketones is 1. The Bertz CT molecular complexity index is 706. The zero-order chi connectivity index (χ0) is 15.6. The number of carbonyl (C=O) groups is 2. The average Bonchev–Trinajstić information content (AvgIpc) is 2.80. The van der Waals surface area contributed by atoms with E-state index in [4.69, 9.17) is 0 Å². The molecule has 1 aromatic rings. The van der Waals surface area contributed by atoms with Crippen LogP contribution < -0.4 is 4.90 Å². The maximum absolute atomic E-state index is 12.2. The highest BCUT2D eigenvalue weighted by Crippen LogP contribution is 2.29. The minimum absolute atomic E-state index is 0.0314. The number of nitrogens with zero attached hydrogens (tertiary/aromatic N) is 1. The zero-order valence-electron chi connectivity index (χ0n) is 11.8. The van der Waals surface area contributed by atoms with E-state index in [-0.39, 0.29) is 11.5 Å². The van der Waals surface area contributed by atoms with Crippen LogP contribution in [0.4, 0.5) is 5.69 Å². The quantitative estimate of drug-likeness (QED) is 0.608. The molecule has 1 heterocycles. The summed E-state index contributed by atoms with van der Waals surface area (Å²) in [5, 5.41) is 0. The van der Waals surface area contributed by atoms with E-state index in [9.17, 15) is 18.0 Å². The molecule has 0 N–H and O–H groups in total. The standard InChI is InChI=1S/C15H17NO4S/c1-3-8-21(19,20)10-15(18)16-7-6-13-9-12(11(2)17)4-5-14(13)16/h3-5,9H,1,6-8,10H2,2H3. The molecule has 6 heteroatoms. The molecule has 0 saturated heterocycles. The van der Waals surface area contributed by atoms with Crippen molar-refractivity contribution in [2.75, 3.05) is 23.0 Å². The van der Waals surface area contributed by atoms with Crippen LogP contribution in [0.5, 0.6) is 0 Å². The molecule has 2 rings (SSSR count). The molecule has 112 valence electrons. The molecule has 1 amide bonds. The third-order valence-electron chi connectivity index (χ3n) is 3.40. The van der Waals surface area contributed by atoms with Gasteiger partial charge in [0.2, 0.25) is 5.91 Å². The smallest absolute Gasteiger partial charge is 0.242 e. The maximum atomic E-state index is 12.2. The molecule has 0 aliphatic carbocycles. The van der Waals surface area contributed by atoms with Gasteiger partial charge in [-0.2, -0.15) is 0 Å². The highest BCUT2D eigenvalue weighted by Gasteiger charge is 2.28. The lowest BCUT2D eigenvalue weighted by Gasteiger charge is -2.17. The number of fused-ring (bicyclic) bond motifs is 1. The largest absolute Gasteiger partial charge is 0.311 e. The van der Waals surface area contributed by atoms with Crippen LogP contribution in [0.1, 0.15) is 22.8 Å². The Morgan fingerprint density at radius 1 is 1.38 bits per heavy atom. The molecule has 5 nitrogen and oxygen atoms in total. The fraction of sp³-hybridized carbons (Fsp3) is 0.333. The zero-order valence-corrected chi connectivity index (χ0v) is 12.6. The fourth-order valence-electron chi connectivity index (χ4n) is 2.38. The highest BCUT2D eigenvalue weighted by atomic mass is 32.2. The second kappa shape index (κ2) is 5.81. The monoisotopic (exact) mass is 307 g/mol. The molecule has 0 fully saturated rings. The Labute approximate surface area is 124 Å². The van der Waals surface area contributed by atoms with Crippen molar-refractivity contribution in [1.29, 1.82) is 0 Å². The predicted molar refractivity (Wildman–Crippen MR) is 81.4 cm³/mol. The summed E-state index contributed by atoms with van der Waals surface area (Å²) >= 11 is 0. The second-order valence-electron chi connectivity index (χ2n) is 5.04. The summed E-state index contributed by atoms with van der Waals surface area (Å²) in [6.45, 7) is 5.31. The minimum Gasteiger partial charge on any atom is -0.311 e. The van der Waals surface area contributed by atoms with Crippen LogP contribution in [-0.4, -0.2) is 38.2 Å². The summed E-state index contributed by atoms with van der Waals surface area (Å²) in [7, 11) is -3.46. The molecule has 0 bridgehead atoms. The van der Waals surface area contributed by atoms with Gasteiger partial charge in [-0.1, -0.05) is 6.08 Å². The Balaban J connectivity index is 2.21. The van der Waals surface area contributed by atoms with Gasteiger partial charge >= 0.3 is 0 Å². The molecule has 21 heavy (non-hydrogen) atoms. The fourth-order valence-corrected chi connectivity index (χ4v) is 3.39. The van der Waals surface area contributed by atoms with Gasteiger partial charge in [0.25, 0.3) is 0 Å². The predicted octanol–water partition coefficient (Wildman–Crippen LogP) is 1.38. The number of sulfone groups is 1. The van der Waals surface area contributed by atoms with Crippen molar-refractivity contribution < 1.29 is 18.0 Å². The first-order valence-corrected chi connectivity index (χ1v) is 8.42. The number of benzene rings is 1. The number of hydrogen-bond acceptors (Lipinski definition) is 4. The molecule has 0 spiro atoms. The first kappa shape index (κ1) is 15.4. The molecule has 0 radical (unpaired) electrons. The van der Waals surface area contributed by atoms with Gasteiger partial charge in [-0.3, -0.25) is 9.59 Å². The van der Waals surface area contributed by atoms with Gasteiger partial charge in [0.1, 0.15) is 5.75 Å². The summed E-state index contributed by atoms with van der Waals surface area (Å²) in [4.78, 5) is 25.0. The van der Waals surface area contributed by atoms with Gasteiger partial charge in [-0.15, -0.1) is 6.58 Å². The van der Waals surface area contributed by atoms with Gasteiger partial charge in [0.05, 0.1) is 5.75 Å². The van der Waals surface area contributed by atoms with E-state index in [1.165, 1.54) is 17.9 Å². The summed E-state index contributed by atoms with van der Waals surface area (Å²) in [5.41, 5.74) is 2.19. The van der Waals surface area contributed by atoms with Gasteiger partial charge < -0.3 is 4.90 Å². The molecule has 1 aliphatic rings. The molecule has 0 atom stereocenters. The van der Waals surface area contributed by atoms with Crippen LogP contribution in [0.2, 0.25) is 0 Å². The Morgan fingerprint density at radius 2 is 2.10 bits per heavy atom. The maximum Gasteiger partial charge on any atom is 0.242 e. The van der Waals surface area contributed by atoms with Crippen LogP contribution in [0.25, 0.3) is 0 Å². The number of rotatable bonds is 5. The van der Waals surface area contributed by atoms with Crippen LogP contribution >= 0.6 is 0 Å². The summed E-state index contributed by atoms with van der Waals surface area (Å²) in [6.07, 6.45) is 1.91. The van der Waals surface area contributed by atoms with Crippen molar-refractivity contribution in [3.63, 3.8) is 0 Å². The normalized spacial score (nSPS) is 13.9. The molecule has 0 saturated carbocycles. The molecule has 1 aromatic carbocycles. The lowest BCUT2D eigenvalue weighted by molar-refractivity contribution is -0.116. The summed E-state index contributed by atoms with van der Waals surface area (Å²) < 4.78 is 23.4. The number of anilines is 1. The molecule has 1 aliphatic heterocycles. The highest BCUT2D eigenvalue weighted by molar-refractivity contribution is 7.92. The van der Waals surface area contributed by atoms with E-state index in [0.29, 0.717) is 24.2 Å². The molecule has 0 unspecified atom stereocenters. The van der Waals surface area contributed by atoms with Crippen molar-refractivity contribution in [3.8, 4) is 0 Å². The number of carbonyl (C=O) groups excluding carboxylic acids is 2. The minimum atomic E-state index is -3.46. The van der Waals surface area contributed by atoms with E-state index < -0.39 is 21.5 Å². The Hall–Kier alpha value is -1.95. The molecular formula is C15H17NO4S. The van der Waals surface area contributed by atoms with E-state index >= 15 is 0 Å². The first-order valence-electron chi connectivity index (χ1n) is 6.59. The van der Waals surface area contributed by atoms with Gasteiger partial charge in [-0.25, -0.2) is 8.42 Å². The van der Waals surface area contributed by atoms with Gasteiger partial charge in [-0.05, 0) is 37.1 Å². The number of hydrogen-bond donors (Lipinski definition) is 0. The van der Waals surface area contributed by atoms with Gasteiger partial charge in [0.15, 0.2) is 15.6 Å². The topological polar surface area (TPSA) is 71.5 Å². The van der Waals surface area contributed by atoms with Crippen molar-refractivity contribution in [2.45, 2.75) is 13.3 Å². The summed E-state index contributed by atoms with van der Waals surface area (Å²) in [5.74, 6) is -1.20. The van der Waals surface area contributed by atoms with Crippen LogP contribution in [-0.2, 0) is 21.1 Å². The van der Waals surface area contributed by atoms with E-state index in [1.54, 1.807) is 18.2 Å². The number of amides is 1. The van der Waals surface area contributed by atoms with Crippen molar-refractivity contribution in [1.82, 2.24) is 0 Å². The van der Waals surface area contributed by atoms with Crippen molar-refractivity contribution >= 4 is 27.2 Å². The van der Waals surface area contributed by atoms with Crippen molar-refractivity contribution in [2.24, 2.45) is 0 Å². The van der Waals surface area contributed by atoms with E-state index in [0.717, 1.165) is 5.56 Å². The summed E-state index contributed by atoms with van der Waals surface area (Å²) in [6, 6.07) is 5.13. The van der Waals surface area contributed by atoms with E-state index in [2.05, 4.69) is 6.58 Å². The third-order valence-corrected chi connectivity index (χ3v) is 4.83. The van der Waals surface area contributed by atoms with Crippen LogP contribution in [0, 0.1) is 0 Å². The lowest BCUT2D eigenvalue weighted by Crippen LogP contribution is -2.34. The average molecular weight is 307 g/mol. The molecule has 0 aromatic heterocycles. The number of Topliss-reactive ketones (excluding diaryl/α,β-unsaturated/α-hetero) is 1. The molecular weight excluding hydrogens is 290 g/mol. The second-order valence-corrected chi connectivity index (χ2v) is 7.15. The van der Waals surface area contributed by atoms with Crippen molar-refractivity contribution in [3.05, 3.63) is 42.0 Å². The lowest BCUT2D eigenvalue weighted by atomic mass is 10.1. The third kappa shape index (κ3) is 3.39. The van der Waals surface area contributed by atoms with Crippen LogP contribution in [0.3, 0.4) is 0 Å². The van der Waals surface area contributed by atoms with Gasteiger partial charge in [0, 0.05) is 17.8 Å². The van der Waals surface area contributed by atoms with Crippen LogP contribution in [0.15, 0.2) is 30.9 Å². The Morgan fingerprint density at radius 3 is 2.71 bits per heavy atom. The van der Waals surface area contributed by atoms with E-state index in [1.807, 2.05) is 0 Å². The Kier molecular flexibility index (Phi) is 4.27. The first-order chi connectivity index (χ1) is 9.84.